The van der Waals surface area contributed by atoms with Crippen LogP contribution >= 0.6 is 27.5 Å². The molecule has 1 heterocycles. The molecule has 2 rings (SSSR count). The van der Waals surface area contributed by atoms with Crippen LogP contribution in [0.1, 0.15) is 12.0 Å². The molecule has 1 aliphatic heterocycles. The number of benzene rings is 1. The summed E-state index contributed by atoms with van der Waals surface area (Å²) in [6, 6.07) is 3.52. The summed E-state index contributed by atoms with van der Waals surface area (Å²) in [5.41, 5.74) is 6.89. The van der Waals surface area contributed by atoms with Crippen LogP contribution in [-0.2, 0) is 9.59 Å². The Hall–Kier alpha value is -1.07. The van der Waals surface area contributed by atoms with Crippen molar-refractivity contribution in [2.75, 3.05) is 11.4 Å². The summed E-state index contributed by atoms with van der Waals surface area (Å²) < 4.78 is 0.742. The van der Waals surface area contributed by atoms with Gasteiger partial charge in [0.15, 0.2) is 0 Å². The highest BCUT2D eigenvalue weighted by Gasteiger charge is 2.35. The number of aryl methyl sites for hydroxylation is 1. The van der Waals surface area contributed by atoms with Gasteiger partial charge in [-0.25, -0.2) is 0 Å². The molecule has 2 N–H and O–H groups in total. The molecule has 96 valence electrons. The molecule has 1 aliphatic rings. The summed E-state index contributed by atoms with van der Waals surface area (Å²) in [7, 11) is 0. The second-order valence-corrected chi connectivity index (χ2v) is 5.65. The van der Waals surface area contributed by atoms with E-state index in [1.165, 1.54) is 0 Å². The predicted octanol–water partition coefficient (Wildman–Crippen LogP) is 2.25. The van der Waals surface area contributed by atoms with Crippen molar-refractivity contribution in [2.24, 2.45) is 11.7 Å². The van der Waals surface area contributed by atoms with Crippen molar-refractivity contribution in [1.82, 2.24) is 0 Å². The van der Waals surface area contributed by atoms with Crippen LogP contribution in [0.4, 0.5) is 5.69 Å². The third-order valence-corrected chi connectivity index (χ3v) is 3.84. The van der Waals surface area contributed by atoms with Crippen LogP contribution in [0.5, 0.6) is 0 Å². The Morgan fingerprint density at radius 1 is 1.56 bits per heavy atom. The molecule has 0 spiro atoms. The van der Waals surface area contributed by atoms with Crippen molar-refractivity contribution >= 4 is 45.0 Å². The van der Waals surface area contributed by atoms with E-state index in [1.54, 1.807) is 17.0 Å². The average Bonchev–Trinajstić information content (AvgIpc) is 2.59. The molecule has 4 nitrogen and oxygen atoms in total. The van der Waals surface area contributed by atoms with E-state index in [9.17, 15) is 9.59 Å². The van der Waals surface area contributed by atoms with Crippen molar-refractivity contribution in [2.45, 2.75) is 13.3 Å². The number of amides is 2. The highest BCUT2D eigenvalue weighted by Crippen LogP contribution is 2.36. The Labute approximate surface area is 118 Å². The Kier molecular flexibility index (Phi) is 3.64. The maximum atomic E-state index is 11.9. The van der Waals surface area contributed by atoms with E-state index in [-0.39, 0.29) is 12.3 Å². The number of anilines is 1. The molecule has 1 saturated heterocycles. The fourth-order valence-corrected chi connectivity index (χ4v) is 3.33. The SMILES string of the molecule is Cc1cc(Cl)cc(Br)c1N1CC(C(N)=O)CC1=O. The zero-order chi connectivity index (χ0) is 13.4. The van der Waals surface area contributed by atoms with Crippen molar-refractivity contribution in [3.05, 3.63) is 27.2 Å². The molecular weight excluding hydrogens is 320 g/mol. The molecule has 2 amide bonds. The van der Waals surface area contributed by atoms with Crippen molar-refractivity contribution in [3.8, 4) is 0 Å². The van der Waals surface area contributed by atoms with Gasteiger partial charge in [-0.2, -0.15) is 0 Å². The number of carbonyl (C=O) groups is 2. The Balaban J connectivity index is 2.39. The number of nitrogens with zero attached hydrogens (tertiary/aromatic N) is 1. The fourth-order valence-electron chi connectivity index (χ4n) is 2.15. The summed E-state index contributed by atoms with van der Waals surface area (Å²) in [4.78, 5) is 24.7. The minimum absolute atomic E-state index is 0.0927. The number of hydrogen-bond acceptors (Lipinski definition) is 2. The summed E-state index contributed by atoms with van der Waals surface area (Å²) >= 11 is 9.33. The van der Waals surface area contributed by atoms with Gasteiger partial charge in [-0.05, 0) is 40.5 Å². The zero-order valence-electron chi connectivity index (χ0n) is 9.74. The Bertz CT molecular complexity index is 510. The quantitative estimate of drug-likeness (QED) is 0.903. The second-order valence-electron chi connectivity index (χ2n) is 4.36. The number of hydrogen-bond donors (Lipinski definition) is 1. The van der Waals surface area contributed by atoms with Crippen LogP contribution in [0.3, 0.4) is 0 Å². The molecule has 0 aliphatic carbocycles. The van der Waals surface area contributed by atoms with Gasteiger partial charge in [-0.15, -0.1) is 0 Å². The van der Waals surface area contributed by atoms with Crippen LogP contribution in [0.25, 0.3) is 0 Å². The highest BCUT2D eigenvalue weighted by atomic mass is 79.9. The van der Waals surface area contributed by atoms with Gasteiger partial charge in [0.1, 0.15) is 0 Å². The third kappa shape index (κ3) is 2.37. The number of halogens is 2. The van der Waals surface area contributed by atoms with Gasteiger partial charge in [-0.1, -0.05) is 11.6 Å². The van der Waals surface area contributed by atoms with E-state index < -0.39 is 11.8 Å². The first-order valence-corrected chi connectivity index (χ1v) is 6.62. The first-order valence-electron chi connectivity index (χ1n) is 5.45. The van der Waals surface area contributed by atoms with Gasteiger partial charge < -0.3 is 10.6 Å². The van der Waals surface area contributed by atoms with E-state index in [0.717, 1.165) is 15.7 Å². The zero-order valence-corrected chi connectivity index (χ0v) is 12.1. The highest BCUT2D eigenvalue weighted by molar-refractivity contribution is 9.10. The Morgan fingerprint density at radius 3 is 2.72 bits per heavy atom. The van der Waals surface area contributed by atoms with E-state index in [1.807, 2.05) is 6.92 Å². The topological polar surface area (TPSA) is 63.4 Å². The molecule has 1 fully saturated rings. The van der Waals surface area contributed by atoms with Gasteiger partial charge >= 0.3 is 0 Å². The normalized spacial score (nSPS) is 19.4. The van der Waals surface area contributed by atoms with Gasteiger partial charge in [0.25, 0.3) is 0 Å². The van der Waals surface area contributed by atoms with Gasteiger partial charge in [0.2, 0.25) is 11.8 Å². The number of primary amides is 1. The van der Waals surface area contributed by atoms with Crippen molar-refractivity contribution < 1.29 is 9.59 Å². The minimum atomic E-state index is -0.436. The first-order chi connectivity index (χ1) is 8.40. The maximum Gasteiger partial charge on any atom is 0.227 e. The predicted molar refractivity (Wildman–Crippen MR) is 73.5 cm³/mol. The molecule has 1 aromatic carbocycles. The van der Waals surface area contributed by atoms with Crippen LogP contribution in [0, 0.1) is 12.8 Å². The molecule has 6 heteroatoms. The summed E-state index contributed by atoms with van der Waals surface area (Å²) in [5.74, 6) is -0.946. The third-order valence-electron chi connectivity index (χ3n) is 3.02. The number of rotatable bonds is 2. The van der Waals surface area contributed by atoms with E-state index >= 15 is 0 Å². The second kappa shape index (κ2) is 4.90. The van der Waals surface area contributed by atoms with E-state index in [4.69, 9.17) is 17.3 Å². The molecule has 0 saturated carbocycles. The summed E-state index contributed by atoms with van der Waals surface area (Å²) in [6.07, 6.45) is 0.170. The van der Waals surface area contributed by atoms with E-state index in [2.05, 4.69) is 15.9 Å². The van der Waals surface area contributed by atoms with Crippen LogP contribution in [0.2, 0.25) is 5.02 Å². The van der Waals surface area contributed by atoms with Crippen LogP contribution in [-0.4, -0.2) is 18.4 Å². The van der Waals surface area contributed by atoms with Gasteiger partial charge in [0, 0.05) is 22.5 Å². The molecule has 1 aromatic rings. The number of carbonyl (C=O) groups excluding carboxylic acids is 2. The van der Waals surface area contributed by atoms with Crippen molar-refractivity contribution in [1.29, 1.82) is 0 Å². The standard InChI is InChI=1S/C12H12BrClN2O2/c1-6-2-8(14)4-9(13)11(6)16-5-7(12(15)18)3-10(16)17/h2,4,7H,3,5H2,1H3,(H2,15,18). The lowest BCUT2D eigenvalue weighted by Crippen LogP contribution is -2.29. The summed E-state index contributed by atoms with van der Waals surface area (Å²) in [5, 5.41) is 0.598. The van der Waals surface area contributed by atoms with Crippen LogP contribution < -0.4 is 10.6 Å². The first kappa shape index (κ1) is 13.4. The molecule has 0 bridgehead atoms. The molecule has 0 aromatic heterocycles. The maximum absolute atomic E-state index is 11.9. The molecule has 18 heavy (non-hydrogen) atoms. The molecular formula is C12H12BrClN2O2. The van der Waals surface area contributed by atoms with Crippen molar-refractivity contribution in [3.63, 3.8) is 0 Å². The number of nitrogens with two attached hydrogens (primary N) is 1. The van der Waals surface area contributed by atoms with E-state index in [0.29, 0.717) is 11.6 Å². The fraction of sp³-hybridized carbons (Fsp3) is 0.333. The minimum Gasteiger partial charge on any atom is -0.369 e. The Morgan fingerprint density at radius 2 is 2.22 bits per heavy atom. The lowest BCUT2D eigenvalue weighted by Gasteiger charge is -2.20. The smallest absolute Gasteiger partial charge is 0.227 e. The molecule has 1 unspecified atom stereocenters. The van der Waals surface area contributed by atoms with Gasteiger partial charge in [0.05, 0.1) is 11.6 Å². The largest absolute Gasteiger partial charge is 0.369 e. The lowest BCUT2D eigenvalue weighted by atomic mass is 10.1. The summed E-state index contributed by atoms with van der Waals surface area (Å²) in [6.45, 7) is 2.20. The monoisotopic (exact) mass is 330 g/mol. The van der Waals surface area contributed by atoms with Gasteiger partial charge in [-0.3, -0.25) is 9.59 Å². The molecule has 0 radical (unpaired) electrons. The molecule has 1 atom stereocenters. The van der Waals surface area contributed by atoms with Crippen LogP contribution in [0.15, 0.2) is 16.6 Å². The lowest BCUT2D eigenvalue weighted by molar-refractivity contribution is -0.123. The average molecular weight is 332 g/mol.